The van der Waals surface area contributed by atoms with Crippen LogP contribution in [0.5, 0.6) is 0 Å². The summed E-state index contributed by atoms with van der Waals surface area (Å²) in [4.78, 5) is 16.6. The number of nitrogens with one attached hydrogen (secondary N) is 1. The minimum absolute atomic E-state index is 0.104. The smallest absolute Gasteiger partial charge is 0.335 e. The molecule has 2 aromatic carbocycles. The third-order valence-electron chi connectivity index (χ3n) is 5.42. The van der Waals surface area contributed by atoms with Crippen molar-refractivity contribution in [3.63, 3.8) is 0 Å². The zero-order chi connectivity index (χ0) is 18.4. The fraction of sp³-hybridized carbons (Fsp3) is 0.286. The molecule has 0 bridgehead atoms. The monoisotopic (exact) mass is 350 g/mol. The van der Waals surface area contributed by atoms with Crippen LogP contribution in [0.2, 0.25) is 0 Å². The van der Waals surface area contributed by atoms with Crippen molar-refractivity contribution in [2.24, 2.45) is 0 Å². The van der Waals surface area contributed by atoms with E-state index >= 15 is 0 Å². The molecule has 0 amide bonds. The summed E-state index contributed by atoms with van der Waals surface area (Å²) < 4.78 is 0. The Kier molecular flexibility index (Phi) is 4.05. The highest BCUT2D eigenvalue weighted by Crippen LogP contribution is 2.37. The summed E-state index contributed by atoms with van der Waals surface area (Å²) in [5.74, 6) is -0.937. The van der Waals surface area contributed by atoms with Gasteiger partial charge in [0.05, 0.1) is 17.7 Å². The van der Waals surface area contributed by atoms with Crippen molar-refractivity contribution in [1.82, 2.24) is 9.88 Å². The standard InChI is InChI=1S/C21H22N2O3/c1-12-9-13(2)19-16(7-8-22-19)17(12)10-23-11-18(24)20(23)14-3-5-15(6-4-14)21(25)26/h3-9,18,20,22,24H,10-11H2,1-2H3,(H,25,26)/t18-,20+/m0/s1. The number of carboxylic acid groups (broad SMARTS) is 1. The number of benzene rings is 2. The van der Waals surface area contributed by atoms with Gasteiger partial charge in [-0.15, -0.1) is 0 Å². The first-order chi connectivity index (χ1) is 12.5. The SMILES string of the molecule is Cc1cc(C)c2[nH]ccc2c1CN1C[C@H](O)[C@H]1c1ccc(C(=O)O)cc1. The fourth-order valence-electron chi connectivity index (χ4n) is 4.03. The molecule has 26 heavy (non-hydrogen) atoms. The van der Waals surface area contributed by atoms with E-state index in [4.69, 9.17) is 5.11 Å². The van der Waals surface area contributed by atoms with Gasteiger partial charge < -0.3 is 15.2 Å². The Labute approximate surface area is 151 Å². The minimum atomic E-state index is -0.937. The van der Waals surface area contributed by atoms with Crippen LogP contribution in [-0.2, 0) is 6.54 Å². The molecule has 5 heteroatoms. The molecule has 0 radical (unpaired) electrons. The summed E-state index contributed by atoms with van der Waals surface area (Å²) in [6.45, 7) is 5.60. The zero-order valence-electron chi connectivity index (χ0n) is 14.9. The van der Waals surface area contributed by atoms with E-state index in [1.54, 1.807) is 24.3 Å². The molecule has 0 aliphatic carbocycles. The highest BCUT2D eigenvalue weighted by Gasteiger charge is 2.39. The Morgan fingerprint density at radius 1 is 1.19 bits per heavy atom. The van der Waals surface area contributed by atoms with Crippen molar-refractivity contribution in [2.75, 3.05) is 6.54 Å². The van der Waals surface area contributed by atoms with Gasteiger partial charge in [-0.25, -0.2) is 4.79 Å². The number of nitrogens with zero attached hydrogens (tertiary/aromatic N) is 1. The van der Waals surface area contributed by atoms with Crippen LogP contribution in [-0.4, -0.2) is 38.7 Å². The highest BCUT2D eigenvalue weighted by molar-refractivity contribution is 5.88. The number of fused-ring (bicyclic) bond motifs is 1. The van der Waals surface area contributed by atoms with E-state index in [9.17, 15) is 9.90 Å². The quantitative estimate of drug-likeness (QED) is 0.674. The number of carbonyl (C=O) groups is 1. The maximum absolute atomic E-state index is 11.0. The number of aromatic nitrogens is 1. The first-order valence-corrected chi connectivity index (χ1v) is 8.77. The lowest BCUT2D eigenvalue weighted by Gasteiger charge is -2.46. The van der Waals surface area contributed by atoms with E-state index in [2.05, 4.69) is 35.9 Å². The molecule has 134 valence electrons. The lowest BCUT2D eigenvalue weighted by molar-refractivity contribution is -0.0685. The molecule has 0 spiro atoms. The molecule has 3 N–H and O–H groups in total. The van der Waals surface area contributed by atoms with Gasteiger partial charge in [-0.05, 0) is 54.3 Å². The summed E-state index contributed by atoms with van der Waals surface area (Å²) in [5, 5.41) is 20.6. The van der Waals surface area contributed by atoms with Crippen molar-refractivity contribution in [3.05, 3.63) is 70.4 Å². The number of H-pyrrole nitrogens is 1. The summed E-state index contributed by atoms with van der Waals surface area (Å²) in [5.41, 5.74) is 6.12. The number of aromatic carboxylic acids is 1. The highest BCUT2D eigenvalue weighted by atomic mass is 16.4. The molecular weight excluding hydrogens is 328 g/mol. The van der Waals surface area contributed by atoms with Gasteiger partial charge in [-0.1, -0.05) is 18.2 Å². The molecule has 1 aromatic heterocycles. The van der Waals surface area contributed by atoms with Crippen LogP contribution in [0.25, 0.3) is 10.9 Å². The van der Waals surface area contributed by atoms with Gasteiger partial charge in [-0.3, -0.25) is 4.90 Å². The minimum Gasteiger partial charge on any atom is -0.478 e. The first kappa shape index (κ1) is 16.8. The van der Waals surface area contributed by atoms with Crippen LogP contribution in [0, 0.1) is 13.8 Å². The van der Waals surface area contributed by atoms with Crippen LogP contribution < -0.4 is 0 Å². The van der Waals surface area contributed by atoms with Gasteiger partial charge >= 0.3 is 5.97 Å². The fourth-order valence-corrected chi connectivity index (χ4v) is 4.03. The van der Waals surface area contributed by atoms with Gasteiger partial charge in [0.25, 0.3) is 0 Å². The molecule has 1 fully saturated rings. The van der Waals surface area contributed by atoms with Crippen molar-refractivity contribution >= 4 is 16.9 Å². The van der Waals surface area contributed by atoms with E-state index in [0.29, 0.717) is 6.54 Å². The van der Waals surface area contributed by atoms with Crippen LogP contribution in [0.15, 0.2) is 42.6 Å². The first-order valence-electron chi connectivity index (χ1n) is 8.77. The number of carboxylic acids is 1. The summed E-state index contributed by atoms with van der Waals surface area (Å²) >= 11 is 0. The van der Waals surface area contributed by atoms with Crippen molar-refractivity contribution < 1.29 is 15.0 Å². The number of aliphatic hydroxyl groups excluding tert-OH is 1. The molecule has 1 aliphatic rings. The lowest BCUT2D eigenvalue weighted by Crippen LogP contribution is -2.52. The van der Waals surface area contributed by atoms with E-state index in [1.165, 1.54) is 22.1 Å². The number of β-amino-alcohol motifs (C(OH)–C–C–N with tert-alkyl or cyclic N) is 1. The van der Waals surface area contributed by atoms with Crippen molar-refractivity contribution in [2.45, 2.75) is 32.5 Å². The van der Waals surface area contributed by atoms with Crippen LogP contribution in [0.1, 0.15) is 38.7 Å². The molecule has 3 aromatic rings. The maximum atomic E-state index is 11.0. The van der Waals surface area contributed by atoms with E-state index in [0.717, 1.165) is 17.6 Å². The van der Waals surface area contributed by atoms with Gasteiger partial charge in [0.15, 0.2) is 0 Å². The topological polar surface area (TPSA) is 76.6 Å². The van der Waals surface area contributed by atoms with Crippen molar-refractivity contribution in [1.29, 1.82) is 0 Å². The number of hydrogen-bond donors (Lipinski definition) is 3. The molecule has 2 heterocycles. The molecule has 0 unspecified atom stereocenters. The Balaban J connectivity index is 1.63. The summed E-state index contributed by atoms with van der Waals surface area (Å²) in [6, 6.07) is 11.0. The number of aliphatic hydroxyl groups is 1. The predicted molar refractivity (Wildman–Crippen MR) is 100 cm³/mol. The third-order valence-corrected chi connectivity index (χ3v) is 5.42. The lowest BCUT2D eigenvalue weighted by atomic mass is 9.89. The number of likely N-dealkylation sites (tertiary alicyclic amines) is 1. The second-order valence-electron chi connectivity index (χ2n) is 7.12. The van der Waals surface area contributed by atoms with Crippen molar-refractivity contribution in [3.8, 4) is 0 Å². The zero-order valence-corrected chi connectivity index (χ0v) is 14.9. The van der Waals surface area contributed by atoms with Gasteiger partial charge in [-0.2, -0.15) is 0 Å². The summed E-state index contributed by atoms with van der Waals surface area (Å²) in [6.07, 6.45) is 1.53. The van der Waals surface area contributed by atoms with E-state index in [-0.39, 0.29) is 11.6 Å². The Morgan fingerprint density at radius 3 is 2.58 bits per heavy atom. The third kappa shape index (κ3) is 2.69. The van der Waals surface area contributed by atoms with E-state index < -0.39 is 12.1 Å². The van der Waals surface area contributed by atoms with Crippen LogP contribution >= 0.6 is 0 Å². The second kappa shape index (κ2) is 6.27. The average Bonchev–Trinajstić information content (AvgIpc) is 3.08. The summed E-state index contributed by atoms with van der Waals surface area (Å²) in [7, 11) is 0. The van der Waals surface area contributed by atoms with Crippen LogP contribution in [0.4, 0.5) is 0 Å². The Morgan fingerprint density at radius 2 is 1.92 bits per heavy atom. The van der Waals surface area contributed by atoms with Gasteiger partial charge in [0.2, 0.25) is 0 Å². The average molecular weight is 350 g/mol. The number of hydrogen-bond acceptors (Lipinski definition) is 3. The molecular formula is C21H22N2O3. The van der Waals surface area contributed by atoms with Gasteiger partial charge in [0, 0.05) is 30.2 Å². The largest absolute Gasteiger partial charge is 0.478 e. The number of aromatic amines is 1. The number of rotatable bonds is 4. The predicted octanol–water partition coefficient (Wildman–Crippen LogP) is 3.40. The molecule has 1 aliphatic heterocycles. The molecule has 5 nitrogen and oxygen atoms in total. The molecule has 2 atom stereocenters. The molecule has 0 saturated carbocycles. The molecule has 1 saturated heterocycles. The Hall–Kier alpha value is -2.63. The Bertz CT molecular complexity index is 975. The van der Waals surface area contributed by atoms with E-state index in [1.807, 2.05) is 6.20 Å². The van der Waals surface area contributed by atoms with Gasteiger partial charge in [0.1, 0.15) is 0 Å². The maximum Gasteiger partial charge on any atom is 0.335 e. The molecule has 4 rings (SSSR count). The number of aryl methyl sites for hydroxylation is 2. The normalized spacial score (nSPS) is 20.3. The second-order valence-corrected chi connectivity index (χ2v) is 7.12. The van der Waals surface area contributed by atoms with Crippen LogP contribution in [0.3, 0.4) is 0 Å².